The Balaban J connectivity index is 1.59. The standard InChI is InChI=1S/C22H34N2O2/c1-17-9-10-18(2)20(14-17)21(25)16-23-11-7-8-19(15-23)22(26)24-12-5-3-4-6-13-24/h9-10,14,19,21,25H,3-8,11-13,15-16H2,1-2H3. The van der Waals surface area contributed by atoms with Crippen molar-refractivity contribution in [2.24, 2.45) is 5.92 Å². The van der Waals surface area contributed by atoms with Crippen LogP contribution in [0.25, 0.3) is 0 Å². The third-order valence-corrected chi connectivity index (χ3v) is 6.00. The van der Waals surface area contributed by atoms with Gasteiger partial charge in [0.1, 0.15) is 0 Å². The molecule has 0 spiro atoms. The van der Waals surface area contributed by atoms with Gasteiger partial charge in [-0.25, -0.2) is 0 Å². The molecule has 1 aromatic carbocycles. The molecule has 2 fully saturated rings. The van der Waals surface area contributed by atoms with Gasteiger partial charge < -0.3 is 10.0 Å². The van der Waals surface area contributed by atoms with Gasteiger partial charge in [0.15, 0.2) is 0 Å². The number of aliphatic hydroxyl groups excluding tert-OH is 1. The summed E-state index contributed by atoms with van der Waals surface area (Å²) in [5.74, 6) is 0.450. The highest BCUT2D eigenvalue weighted by molar-refractivity contribution is 5.79. The third-order valence-electron chi connectivity index (χ3n) is 6.00. The van der Waals surface area contributed by atoms with Gasteiger partial charge in [-0.1, -0.05) is 36.6 Å². The summed E-state index contributed by atoms with van der Waals surface area (Å²) in [6.45, 7) is 8.37. The van der Waals surface area contributed by atoms with E-state index in [1.807, 2.05) is 0 Å². The second-order valence-corrected chi connectivity index (χ2v) is 8.21. The molecule has 0 bridgehead atoms. The highest BCUT2D eigenvalue weighted by Gasteiger charge is 2.30. The van der Waals surface area contributed by atoms with Crippen molar-refractivity contribution < 1.29 is 9.90 Å². The molecule has 1 amide bonds. The molecule has 4 heteroatoms. The molecule has 2 unspecified atom stereocenters. The van der Waals surface area contributed by atoms with Gasteiger partial charge >= 0.3 is 0 Å². The summed E-state index contributed by atoms with van der Waals surface area (Å²) in [4.78, 5) is 17.3. The van der Waals surface area contributed by atoms with Crippen LogP contribution in [0, 0.1) is 19.8 Å². The van der Waals surface area contributed by atoms with Gasteiger partial charge in [0, 0.05) is 26.2 Å². The molecule has 3 rings (SSSR count). The molecule has 2 saturated heterocycles. The zero-order chi connectivity index (χ0) is 18.5. The maximum absolute atomic E-state index is 12.9. The maximum Gasteiger partial charge on any atom is 0.226 e. The molecule has 2 aliphatic heterocycles. The minimum absolute atomic E-state index is 0.104. The number of piperidine rings is 1. The Morgan fingerprint density at radius 2 is 1.85 bits per heavy atom. The van der Waals surface area contributed by atoms with Crippen molar-refractivity contribution >= 4 is 5.91 Å². The predicted octanol–water partition coefficient (Wildman–Crippen LogP) is 3.45. The molecule has 0 radical (unpaired) electrons. The minimum Gasteiger partial charge on any atom is -0.387 e. The molecular weight excluding hydrogens is 324 g/mol. The second kappa shape index (κ2) is 9.01. The van der Waals surface area contributed by atoms with E-state index in [0.717, 1.165) is 63.0 Å². The van der Waals surface area contributed by atoms with Crippen molar-refractivity contribution in [2.45, 2.75) is 58.5 Å². The van der Waals surface area contributed by atoms with Crippen LogP contribution in [-0.4, -0.2) is 53.5 Å². The molecule has 144 valence electrons. The zero-order valence-corrected chi connectivity index (χ0v) is 16.4. The first-order valence-corrected chi connectivity index (χ1v) is 10.3. The molecule has 4 nitrogen and oxygen atoms in total. The van der Waals surface area contributed by atoms with Crippen molar-refractivity contribution in [3.63, 3.8) is 0 Å². The Morgan fingerprint density at radius 1 is 1.12 bits per heavy atom. The fraction of sp³-hybridized carbons (Fsp3) is 0.682. The van der Waals surface area contributed by atoms with Crippen LogP contribution in [0.1, 0.15) is 61.3 Å². The number of benzene rings is 1. The molecule has 1 N–H and O–H groups in total. The lowest BCUT2D eigenvalue weighted by Crippen LogP contribution is -2.46. The van der Waals surface area contributed by atoms with Crippen molar-refractivity contribution in [1.29, 1.82) is 0 Å². The summed E-state index contributed by atoms with van der Waals surface area (Å²) in [5, 5.41) is 10.8. The van der Waals surface area contributed by atoms with Crippen LogP contribution >= 0.6 is 0 Å². The number of aliphatic hydroxyl groups is 1. The van der Waals surface area contributed by atoms with Crippen molar-refractivity contribution in [3.8, 4) is 0 Å². The monoisotopic (exact) mass is 358 g/mol. The number of carbonyl (C=O) groups excluding carboxylic acids is 1. The lowest BCUT2D eigenvalue weighted by molar-refractivity contribution is -0.137. The van der Waals surface area contributed by atoms with Crippen molar-refractivity contribution in [3.05, 3.63) is 34.9 Å². The third kappa shape index (κ3) is 4.86. The van der Waals surface area contributed by atoms with Gasteiger partial charge in [0.25, 0.3) is 0 Å². The summed E-state index contributed by atoms with van der Waals surface area (Å²) < 4.78 is 0. The summed E-state index contributed by atoms with van der Waals surface area (Å²) in [6, 6.07) is 6.25. The summed E-state index contributed by atoms with van der Waals surface area (Å²) in [5.41, 5.74) is 3.33. The van der Waals surface area contributed by atoms with Crippen LogP contribution in [0.5, 0.6) is 0 Å². The number of amides is 1. The molecule has 0 aromatic heterocycles. The smallest absolute Gasteiger partial charge is 0.226 e. The molecule has 2 atom stereocenters. The Bertz CT molecular complexity index is 608. The second-order valence-electron chi connectivity index (χ2n) is 8.21. The van der Waals surface area contributed by atoms with Crippen LogP contribution in [0.3, 0.4) is 0 Å². The molecule has 1 aromatic rings. The highest BCUT2D eigenvalue weighted by Crippen LogP contribution is 2.25. The average Bonchev–Trinajstić information content (AvgIpc) is 2.92. The maximum atomic E-state index is 12.9. The minimum atomic E-state index is -0.484. The number of β-amino-alcohol motifs (C(OH)–C–C–N with tert-alkyl or cyclic N) is 1. The van der Waals surface area contributed by atoms with E-state index in [1.165, 1.54) is 18.4 Å². The molecule has 0 aliphatic carbocycles. The van der Waals surface area contributed by atoms with Crippen LogP contribution in [-0.2, 0) is 4.79 Å². The number of hydrogen-bond donors (Lipinski definition) is 1. The molecule has 26 heavy (non-hydrogen) atoms. The average molecular weight is 359 g/mol. The molecule has 2 heterocycles. The van der Waals surface area contributed by atoms with E-state index in [4.69, 9.17) is 0 Å². The molecule has 2 aliphatic rings. The number of nitrogens with zero attached hydrogens (tertiary/aromatic N) is 2. The van der Waals surface area contributed by atoms with E-state index >= 15 is 0 Å². The topological polar surface area (TPSA) is 43.8 Å². The van der Waals surface area contributed by atoms with Gasteiger partial charge in [0.2, 0.25) is 5.91 Å². The fourth-order valence-corrected chi connectivity index (χ4v) is 4.43. The summed E-state index contributed by atoms with van der Waals surface area (Å²) in [7, 11) is 0. The number of carbonyl (C=O) groups is 1. The van der Waals surface area contributed by atoms with Crippen LogP contribution < -0.4 is 0 Å². The largest absolute Gasteiger partial charge is 0.387 e. The first kappa shape index (κ1) is 19.4. The van der Waals surface area contributed by atoms with Crippen LogP contribution in [0.2, 0.25) is 0 Å². The van der Waals surface area contributed by atoms with Crippen molar-refractivity contribution in [2.75, 3.05) is 32.7 Å². The lowest BCUT2D eigenvalue weighted by Gasteiger charge is -2.35. The summed E-state index contributed by atoms with van der Waals surface area (Å²) >= 11 is 0. The van der Waals surface area contributed by atoms with E-state index in [2.05, 4.69) is 41.8 Å². The SMILES string of the molecule is Cc1ccc(C)c(C(O)CN2CCCC(C(=O)N3CCCCCC3)C2)c1. The lowest BCUT2D eigenvalue weighted by atomic mass is 9.95. The van der Waals surface area contributed by atoms with E-state index in [1.54, 1.807) is 0 Å². The molecule has 0 saturated carbocycles. The first-order chi connectivity index (χ1) is 12.5. The van der Waals surface area contributed by atoms with Gasteiger partial charge in [-0.2, -0.15) is 0 Å². The van der Waals surface area contributed by atoms with Crippen LogP contribution in [0.15, 0.2) is 18.2 Å². The highest BCUT2D eigenvalue weighted by atomic mass is 16.3. The number of rotatable bonds is 4. The van der Waals surface area contributed by atoms with Gasteiger partial charge in [0.05, 0.1) is 12.0 Å². The van der Waals surface area contributed by atoms with Gasteiger partial charge in [-0.3, -0.25) is 9.69 Å². The zero-order valence-electron chi connectivity index (χ0n) is 16.4. The van der Waals surface area contributed by atoms with E-state index in [9.17, 15) is 9.90 Å². The number of aryl methyl sites for hydroxylation is 2. The number of likely N-dealkylation sites (tertiary alicyclic amines) is 2. The fourth-order valence-electron chi connectivity index (χ4n) is 4.43. The Kier molecular flexibility index (Phi) is 6.71. The Hall–Kier alpha value is -1.39. The van der Waals surface area contributed by atoms with Crippen LogP contribution in [0.4, 0.5) is 0 Å². The predicted molar refractivity (Wildman–Crippen MR) is 105 cm³/mol. The van der Waals surface area contributed by atoms with E-state index < -0.39 is 6.10 Å². The summed E-state index contributed by atoms with van der Waals surface area (Å²) in [6.07, 6.45) is 6.35. The van der Waals surface area contributed by atoms with E-state index in [0.29, 0.717) is 12.5 Å². The first-order valence-electron chi connectivity index (χ1n) is 10.3. The molecular formula is C22H34N2O2. The normalized spacial score (nSPS) is 23.5. The Morgan fingerprint density at radius 3 is 2.58 bits per heavy atom. The van der Waals surface area contributed by atoms with E-state index in [-0.39, 0.29) is 5.92 Å². The quantitative estimate of drug-likeness (QED) is 0.896. The van der Waals surface area contributed by atoms with Gasteiger partial charge in [-0.15, -0.1) is 0 Å². The Labute approximate surface area is 158 Å². The van der Waals surface area contributed by atoms with Crippen molar-refractivity contribution in [1.82, 2.24) is 9.80 Å². The number of hydrogen-bond acceptors (Lipinski definition) is 3. The van der Waals surface area contributed by atoms with Gasteiger partial charge in [-0.05, 0) is 57.2 Å².